The molecule has 1 spiro atoms. The minimum atomic E-state index is -0.399. The Kier molecular flexibility index (Phi) is 3.76. The average molecular weight is 414 g/mol. The summed E-state index contributed by atoms with van der Waals surface area (Å²) in [5.41, 5.74) is 3.54. The monoisotopic (exact) mass is 413 g/mol. The largest absolute Gasteiger partial charge is 0.485 e. The Hall–Kier alpha value is -2.59. The van der Waals surface area contributed by atoms with Crippen molar-refractivity contribution in [3.05, 3.63) is 71.3 Å². The van der Waals surface area contributed by atoms with E-state index in [-0.39, 0.29) is 11.2 Å². The molecular weight excluding hydrogens is 386 g/mol. The number of likely N-dealkylation sites (tertiary alicyclic amines) is 1. The van der Waals surface area contributed by atoms with E-state index in [1.165, 1.54) is 30.5 Å². The highest BCUT2D eigenvalue weighted by Crippen LogP contribution is 2.62. The second-order valence-corrected chi connectivity index (χ2v) is 9.99. The van der Waals surface area contributed by atoms with Crippen LogP contribution >= 0.6 is 0 Å². The van der Waals surface area contributed by atoms with E-state index in [1.807, 2.05) is 18.2 Å². The fourth-order valence-electron chi connectivity index (χ4n) is 6.67. The summed E-state index contributed by atoms with van der Waals surface area (Å²) in [5.74, 6) is 2.94. The van der Waals surface area contributed by atoms with Crippen molar-refractivity contribution in [2.24, 2.45) is 11.8 Å². The van der Waals surface area contributed by atoms with Gasteiger partial charge in [-0.25, -0.2) is 0 Å². The van der Waals surface area contributed by atoms with Gasteiger partial charge in [0.05, 0.1) is 5.41 Å². The smallest absolute Gasteiger partial charge is 0.196 e. The van der Waals surface area contributed by atoms with Crippen LogP contribution in [-0.4, -0.2) is 35.9 Å². The number of carbonyl (C=O) groups excluding carboxylic acids is 1. The molecule has 0 aromatic heterocycles. The third-order valence-electron chi connectivity index (χ3n) is 8.25. The molecule has 2 fully saturated rings. The Bertz CT molecular complexity index is 1090. The number of hydrogen-bond acceptors (Lipinski definition) is 4. The average Bonchev–Trinajstić information content (AvgIpc) is 3.54. The van der Waals surface area contributed by atoms with Crippen molar-refractivity contribution in [2.45, 2.75) is 49.9 Å². The van der Waals surface area contributed by atoms with Gasteiger partial charge in [-0.1, -0.05) is 42.5 Å². The van der Waals surface area contributed by atoms with Crippen LogP contribution in [0.5, 0.6) is 11.5 Å². The molecule has 0 radical (unpaired) electrons. The molecule has 0 N–H and O–H groups in total. The van der Waals surface area contributed by atoms with Gasteiger partial charge in [0.1, 0.15) is 6.61 Å². The molecule has 2 aromatic rings. The molecule has 2 aliphatic heterocycles. The van der Waals surface area contributed by atoms with Crippen LogP contribution in [0.15, 0.2) is 54.6 Å². The zero-order chi connectivity index (χ0) is 20.6. The molecule has 4 nitrogen and oxygen atoms in total. The molecule has 31 heavy (non-hydrogen) atoms. The second kappa shape index (κ2) is 6.46. The van der Waals surface area contributed by atoms with E-state index >= 15 is 0 Å². The summed E-state index contributed by atoms with van der Waals surface area (Å²) in [4.78, 5) is 15.7. The summed E-state index contributed by atoms with van der Waals surface area (Å²) in [7, 11) is 0. The zero-order valence-electron chi connectivity index (χ0n) is 17.6. The van der Waals surface area contributed by atoms with Gasteiger partial charge in [0.15, 0.2) is 23.4 Å². The molecule has 3 aliphatic carbocycles. The van der Waals surface area contributed by atoms with E-state index in [9.17, 15) is 4.79 Å². The summed E-state index contributed by atoms with van der Waals surface area (Å²) in [6, 6.07) is 15.0. The zero-order valence-corrected chi connectivity index (χ0v) is 17.6. The van der Waals surface area contributed by atoms with Crippen molar-refractivity contribution in [3.8, 4) is 11.5 Å². The maximum absolute atomic E-state index is 13.0. The summed E-state index contributed by atoms with van der Waals surface area (Å²) >= 11 is 0. The Balaban J connectivity index is 1.30. The fraction of sp³-hybridized carbons (Fsp3) is 0.444. The van der Waals surface area contributed by atoms with Crippen molar-refractivity contribution in [3.63, 3.8) is 0 Å². The molecule has 1 saturated heterocycles. The van der Waals surface area contributed by atoms with Crippen LogP contribution in [-0.2, 0) is 23.2 Å². The van der Waals surface area contributed by atoms with Crippen LogP contribution in [0.25, 0.3) is 0 Å². The molecular formula is C27H27NO3. The first-order valence-corrected chi connectivity index (χ1v) is 11.7. The lowest BCUT2D eigenvalue weighted by atomic mass is 9.53. The minimum absolute atomic E-state index is 0.115. The molecule has 4 atom stereocenters. The Morgan fingerprint density at radius 1 is 1.13 bits per heavy atom. The summed E-state index contributed by atoms with van der Waals surface area (Å²) in [6.45, 7) is 2.78. The molecule has 158 valence electrons. The highest BCUT2D eigenvalue weighted by molar-refractivity contribution is 5.98. The van der Waals surface area contributed by atoms with E-state index in [1.54, 1.807) is 6.08 Å². The van der Waals surface area contributed by atoms with Gasteiger partial charge in [0.2, 0.25) is 0 Å². The number of carbonyl (C=O) groups is 1. The van der Waals surface area contributed by atoms with Gasteiger partial charge in [-0.15, -0.1) is 0 Å². The van der Waals surface area contributed by atoms with E-state index in [2.05, 4.69) is 35.2 Å². The SMILES string of the molecule is O=C1C=CC2[C@H]3Cc4ccc(OCc5ccccc5)c5c4[C@@]2(CCN3CC2CC2)[C@H]1O5. The lowest BCUT2D eigenvalue weighted by Gasteiger charge is -2.56. The standard InChI is InChI=1S/C27H27NO3/c29-22-10-9-20-21-14-19-8-11-23(30-16-18-4-2-1-3-5-18)25-24(19)27(20,26(22)31-25)12-13-28(21)15-17-6-7-17/h1-5,8-11,17,20-21,26H,6-7,12-16H2/t20?,21-,26+,27+/m1/s1. The van der Waals surface area contributed by atoms with Crippen LogP contribution in [0.4, 0.5) is 0 Å². The van der Waals surface area contributed by atoms with Gasteiger partial charge in [-0.3, -0.25) is 9.69 Å². The van der Waals surface area contributed by atoms with Gasteiger partial charge >= 0.3 is 0 Å². The Morgan fingerprint density at radius 3 is 2.84 bits per heavy atom. The van der Waals surface area contributed by atoms with Crippen LogP contribution in [0, 0.1) is 11.8 Å². The van der Waals surface area contributed by atoms with Gasteiger partial charge < -0.3 is 9.47 Å². The van der Waals surface area contributed by atoms with Crippen LogP contribution in [0.2, 0.25) is 0 Å². The number of rotatable bonds is 5. The molecule has 7 rings (SSSR count). The number of piperidine rings is 1. The number of ketones is 1. The molecule has 2 aromatic carbocycles. The predicted molar refractivity (Wildman–Crippen MR) is 117 cm³/mol. The van der Waals surface area contributed by atoms with Crippen molar-refractivity contribution in [1.29, 1.82) is 0 Å². The van der Waals surface area contributed by atoms with Gasteiger partial charge in [0, 0.05) is 24.1 Å². The van der Waals surface area contributed by atoms with Crippen LogP contribution < -0.4 is 9.47 Å². The molecule has 1 saturated carbocycles. The van der Waals surface area contributed by atoms with Crippen molar-refractivity contribution in [1.82, 2.24) is 4.90 Å². The Labute approximate surface area is 182 Å². The number of nitrogens with zero attached hydrogens (tertiary/aromatic N) is 1. The fourth-order valence-corrected chi connectivity index (χ4v) is 6.67. The molecule has 0 amide bonds. The number of hydrogen-bond donors (Lipinski definition) is 0. The van der Waals surface area contributed by atoms with Crippen LogP contribution in [0.3, 0.4) is 0 Å². The predicted octanol–water partition coefficient (Wildman–Crippen LogP) is 4.06. The van der Waals surface area contributed by atoms with Crippen molar-refractivity contribution in [2.75, 3.05) is 13.1 Å². The third kappa shape index (κ3) is 2.54. The maximum atomic E-state index is 13.0. The quantitative estimate of drug-likeness (QED) is 0.741. The topological polar surface area (TPSA) is 38.8 Å². The first-order valence-electron chi connectivity index (χ1n) is 11.7. The van der Waals surface area contributed by atoms with E-state index in [0.717, 1.165) is 42.4 Å². The van der Waals surface area contributed by atoms with Crippen LogP contribution in [0.1, 0.15) is 36.0 Å². The second-order valence-electron chi connectivity index (χ2n) is 9.99. The molecule has 2 bridgehead atoms. The first-order chi connectivity index (χ1) is 15.2. The highest BCUT2D eigenvalue weighted by atomic mass is 16.5. The van der Waals surface area contributed by atoms with E-state index in [0.29, 0.717) is 18.6 Å². The lowest BCUT2D eigenvalue weighted by Crippen LogP contribution is -2.65. The highest BCUT2D eigenvalue weighted by Gasteiger charge is 2.65. The molecule has 2 heterocycles. The molecule has 1 unspecified atom stereocenters. The Morgan fingerprint density at radius 2 is 2.00 bits per heavy atom. The minimum Gasteiger partial charge on any atom is -0.485 e. The summed E-state index contributed by atoms with van der Waals surface area (Å²) in [6.07, 6.45) is 8.39. The van der Waals surface area contributed by atoms with Crippen molar-refractivity contribution >= 4 is 5.78 Å². The van der Waals surface area contributed by atoms with Gasteiger partial charge in [0.25, 0.3) is 0 Å². The third-order valence-corrected chi connectivity index (χ3v) is 8.25. The normalized spacial score (nSPS) is 32.5. The first kappa shape index (κ1) is 18.0. The lowest BCUT2D eigenvalue weighted by molar-refractivity contribution is -0.127. The van der Waals surface area contributed by atoms with Crippen molar-refractivity contribution < 1.29 is 14.3 Å². The van der Waals surface area contributed by atoms with E-state index in [4.69, 9.17) is 9.47 Å². The maximum Gasteiger partial charge on any atom is 0.196 e. The number of ether oxygens (including phenoxy) is 2. The number of benzene rings is 2. The summed E-state index contributed by atoms with van der Waals surface area (Å²) in [5, 5.41) is 0. The van der Waals surface area contributed by atoms with Gasteiger partial charge in [-0.05, 0) is 61.4 Å². The molecule has 5 aliphatic rings. The summed E-state index contributed by atoms with van der Waals surface area (Å²) < 4.78 is 12.7. The van der Waals surface area contributed by atoms with E-state index < -0.39 is 6.10 Å². The van der Waals surface area contributed by atoms with Gasteiger partial charge in [-0.2, -0.15) is 0 Å². The molecule has 4 heteroatoms.